The summed E-state index contributed by atoms with van der Waals surface area (Å²) in [7, 11) is -3.16. The lowest BCUT2D eigenvalue weighted by Gasteiger charge is -2.35. The Morgan fingerprint density at radius 1 is 1.23 bits per heavy atom. The van der Waals surface area contributed by atoms with Crippen molar-refractivity contribution in [3.63, 3.8) is 0 Å². The molecule has 3 aliphatic rings. The first kappa shape index (κ1) is 16.2. The Bertz CT molecular complexity index is 528. The van der Waals surface area contributed by atoms with E-state index in [1.54, 1.807) is 0 Å². The lowest BCUT2D eigenvalue weighted by Crippen LogP contribution is -2.43. The molecule has 4 atom stereocenters. The van der Waals surface area contributed by atoms with Gasteiger partial charge in [-0.1, -0.05) is 26.2 Å². The number of amides is 1. The topological polar surface area (TPSA) is 66.5 Å². The third-order valence-corrected chi connectivity index (χ3v) is 6.68. The molecule has 1 heterocycles. The number of sulfonamides is 1. The van der Waals surface area contributed by atoms with Crippen LogP contribution in [0, 0.1) is 17.8 Å². The summed E-state index contributed by atoms with van der Waals surface area (Å²) in [6, 6.07) is 0.780. The molecular weight excluding hydrogens is 300 g/mol. The van der Waals surface area contributed by atoms with Gasteiger partial charge in [-0.25, -0.2) is 13.1 Å². The minimum Gasteiger partial charge on any atom is -0.336 e. The van der Waals surface area contributed by atoms with Gasteiger partial charge in [0, 0.05) is 25.0 Å². The zero-order chi connectivity index (χ0) is 15.9. The minimum atomic E-state index is -3.16. The van der Waals surface area contributed by atoms with Crippen molar-refractivity contribution in [1.82, 2.24) is 9.62 Å². The maximum absolute atomic E-state index is 12.5. The van der Waals surface area contributed by atoms with Crippen molar-refractivity contribution in [2.45, 2.75) is 64.0 Å². The van der Waals surface area contributed by atoms with Crippen molar-refractivity contribution in [1.29, 1.82) is 0 Å². The van der Waals surface area contributed by atoms with Gasteiger partial charge < -0.3 is 4.90 Å². The molecule has 1 aliphatic heterocycles. The number of likely N-dealkylation sites (tertiary alicyclic amines) is 1. The van der Waals surface area contributed by atoms with Gasteiger partial charge in [0.25, 0.3) is 0 Å². The van der Waals surface area contributed by atoms with Crippen LogP contribution in [0.1, 0.15) is 51.9 Å². The normalized spacial score (nSPS) is 36.8. The molecule has 126 valence electrons. The lowest BCUT2D eigenvalue weighted by atomic mass is 9.89. The van der Waals surface area contributed by atoms with Crippen LogP contribution in [0.15, 0.2) is 0 Å². The van der Waals surface area contributed by atoms with E-state index >= 15 is 0 Å². The molecule has 0 aromatic rings. The molecule has 2 aliphatic carbocycles. The molecule has 0 aromatic carbocycles. The van der Waals surface area contributed by atoms with Crippen LogP contribution in [0.2, 0.25) is 0 Å². The molecule has 3 rings (SSSR count). The van der Waals surface area contributed by atoms with Crippen LogP contribution in [0.3, 0.4) is 0 Å². The molecule has 0 aromatic heterocycles. The summed E-state index contributed by atoms with van der Waals surface area (Å²) in [6.45, 7) is 2.68. The van der Waals surface area contributed by atoms with E-state index < -0.39 is 10.0 Å². The van der Waals surface area contributed by atoms with Gasteiger partial charge in [-0.3, -0.25) is 4.79 Å². The van der Waals surface area contributed by atoms with E-state index in [9.17, 15) is 13.2 Å². The molecule has 2 saturated carbocycles. The molecule has 1 N–H and O–H groups in total. The Kier molecular flexibility index (Phi) is 4.52. The number of fused-ring (bicyclic) bond motifs is 1. The molecule has 0 radical (unpaired) electrons. The van der Waals surface area contributed by atoms with Crippen molar-refractivity contribution in [2.75, 3.05) is 12.8 Å². The molecule has 1 amide bonds. The monoisotopic (exact) mass is 328 g/mol. The number of rotatable bonds is 4. The molecule has 22 heavy (non-hydrogen) atoms. The summed E-state index contributed by atoms with van der Waals surface area (Å²) in [4.78, 5) is 14.7. The Morgan fingerprint density at radius 3 is 2.55 bits per heavy atom. The van der Waals surface area contributed by atoms with Gasteiger partial charge >= 0.3 is 0 Å². The zero-order valence-electron chi connectivity index (χ0n) is 13.6. The average molecular weight is 328 g/mol. The van der Waals surface area contributed by atoms with Gasteiger partial charge in [0.1, 0.15) is 0 Å². The Hall–Kier alpha value is -0.620. The number of hydrogen-bond donors (Lipinski definition) is 1. The van der Waals surface area contributed by atoms with Gasteiger partial charge in [0.2, 0.25) is 15.9 Å². The molecule has 1 saturated heterocycles. The first-order chi connectivity index (χ1) is 10.4. The fourth-order valence-corrected chi connectivity index (χ4v) is 5.47. The van der Waals surface area contributed by atoms with Crippen molar-refractivity contribution >= 4 is 15.9 Å². The highest BCUT2D eigenvalue weighted by molar-refractivity contribution is 7.88. The van der Waals surface area contributed by atoms with Gasteiger partial charge in [0.15, 0.2) is 0 Å². The van der Waals surface area contributed by atoms with Crippen LogP contribution < -0.4 is 4.72 Å². The number of nitrogens with one attached hydrogen (secondary N) is 1. The third-order valence-electron chi connectivity index (χ3n) is 5.99. The predicted octanol–water partition coefficient (Wildman–Crippen LogP) is 1.74. The van der Waals surface area contributed by atoms with Gasteiger partial charge in [-0.15, -0.1) is 0 Å². The SMILES string of the molecule is C[C@H]1C[C@@H]2[C@@H](CC(=O)N2C2CCCCC2)[C@@H]1CNS(C)(=O)=O. The fourth-order valence-electron chi connectivity index (χ4n) is 4.97. The molecular formula is C16H28N2O3S. The Balaban J connectivity index is 1.71. The predicted molar refractivity (Wildman–Crippen MR) is 85.7 cm³/mol. The van der Waals surface area contributed by atoms with E-state index in [0.29, 0.717) is 42.8 Å². The second kappa shape index (κ2) is 6.11. The van der Waals surface area contributed by atoms with Gasteiger partial charge in [-0.2, -0.15) is 0 Å². The van der Waals surface area contributed by atoms with Crippen LogP contribution >= 0.6 is 0 Å². The largest absolute Gasteiger partial charge is 0.336 e. The number of carbonyl (C=O) groups is 1. The zero-order valence-corrected chi connectivity index (χ0v) is 14.4. The highest BCUT2D eigenvalue weighted by Crippen LogP contribution is 2.47. The Morgan fingerprint density at radius 2 is 1.91 bits per heavy atom. The lowest BCUT2D eigenvalue weighted by molar-refractivity contribution is -0.132. The highest BCUT2D eigenvalue weighted by atomic mass is 32.2. The van der Waals surface area contributed by atoms with E-state index in [1.165, 1.54) is 25.5 Å². The van der Waals surface area contributed by atoms with E-state index in [0.717, 1.165) is 19.3 Å². The van der Waals surface area contributed by atoms with E-state index in [2.05, 4.69) is 16.5 Å². The quantitative estimate of drug-likeness (QED) is 0.855. The third kappa shape index (κ3) is 3.18. The van der Waals surface area contributed by atoms with Crippen molar-refractivity contribution < 1.29 is 13.2 Å². The van der Waals surface area contributed by atoms with Crippen molar-refractivity contribution in [2.24, 2.45) is 17.8 Å². The van der Waals surface area contributed by atoms with Crippen molar-refractivity contribution in [3.05, 3.63) is 0 Å². The smallest absolute Gasteiger partial charge is 0.223 e. The molecule has 6 heteroatoms. The minimum absolute atomic E-state index is 0.289. The molecule has 0 unspecified atom stereocenters. The first-order valence-corrected chi connectivity index (χ1v) is 10.5. The molecule has 0 bridgehead atoms. The van der Waals surface area contributed by atoms with E-state index in [-0.39, 0.29) is 5.92 Å². The number of carbonyl (C=O) groups excluding carboxylic acids is 1. The standard InChI is InChI=1S/C16H28N2O3S/c1-11-8-15-13(14(11)10-17-22(2,20)21)9-16(19)18(15)12-6-4-3-5-7-12/h11-15,17H,3-10H2,1-2H3/t11-,13-,14+,15+/m0/s1. The van der Waals surface area contributed by atoms with Gasteiger partial charge in [-0.05, 0) is 37.0 Å². The summed E-state index contributed by atoms with van der Waals surface area (Å²) in [6.07, 6.45) is 8.92. The van der Waals surface area contributed by atoms with Gasteiger partial charge in [0.05, 0.1) is 6.26 Å². The van der Waals surface area contributed by atoms with Crippen molar-refractivity contribution in [3.8, 4) is 0 Å². The van der Waals surface area contributed by atoms with Crippen LogP contribution in [-0.2, 0) is 14.8 Å². The highest BCUT2D eigenvalue weighted by Gasteiger charge is 2.52. The van der Waals surface area contributed by atoms with Crippen LogP contribution in [0.5, 0.6) is 0 Å². The van der Waals surface area contributed by atoms with Crippen LogP contribution in [-0.4, -0.2) is 44.1 Å². The summed E-state index contributed by atoms with van der Waals surface area (Å²) in [5.74, 6) is 1.40. The average Bonchev–Trinajstić information content (AvgIpc) is 2.90. The summed E-state index contributed by atoms with van der Waals surface area (Å²) in [5, 5.41) is 0. The van der Waals surface area contributed by atoms with E-state index in [1.807, 2.05) is 0 Å². The molecule has 0 spiro atoms. The second-order valence-corrected chi connectivity index (χ2v) is 9.36. The molecule has 5 nitrogen and oxygen atoms in total. The number of nitrogens with zero attached hydrogens (tertiary/aromatic N) is 1. The van der Waals surface area contributed by atoms with Crippen LogP contribution in [0.4, 0.5) is 0 Å². The Labute approximate surface area is 133 Å². The summed E-state index contributed by atoms with van der Waals surface area (Å²) in [5.41, 5.74) is 0. The summed E-state index contributed by atoms with van der Waals surface area (Å²) >= 11 is 0. The maximum atomic E-state index is 12.5. The maximum Gasteiger partial charge on any atom is 0.223 e. The first-order valence-electron chi connectivity index (χ1n) is 8.62. The fraction of sp³-hybridized carbons (Fsp3) is 0.938. The number of hydrogen-bond acceptors (Lipinski definition) is 3. The summed E-state index contributed by atoms with van der Waals surface area (Å²) < 4.78 is 25.4. The second-order valence-electron chi connectivity index (χ2n) is 7.53. The van der Waals surface area contributed by atoms with E-state index in [4.69, 9.17) is 0 Å². The van der Waals surface area contributed by atoms with Crippen LogP contribution in [0.25, 0.3) is 0 Å². The molecule has 3 fully saturated rings.